The average molecular weight is 350 g/mol. The molecule has 1 saturated heterocycles. The van der Waals surface area contributed by atoms with E-state index in [1.54, 1.807) is 31.7 Å². The van der Waals surface area contributed by atoms with Crippen LogP contribution >= 0.6 is 0 Å². The smallest absolute Gasteiger partial charge is 0.329 e. The van der Waals surface area contributed by atoms with Crippen LogP contribution < -0.4 is 5.32 Å². The molecule has 0 aromatic carbocycles. The van der Waals surface area contributed by atoms with Gasteiger partial charge in [0.1, 0.15) is 6.04 Å². The molecule has 0 spiro atoms. The van der Waals surface area contributed by atoms with E-state index in [2.05, 4.69) is 5.32 Å². The fourth-order valence-electron chi connectivity index (χ4n) is 2.79. The van der Waals surface area contributed by atoms with Crippen molar-refractivity contribution < 1.29 is 23.5 Å². The van der Waals surface area contributed by atoms with Crippen LogP contribution in [0.5, 0.6) is 0 Å². The molecule has 7 nitrogen and oxygen atoms in total. The van der Waals surface area contributed by atoms with E-state index in [9.17, 15) is 14.4 Å². The number of piperidine rings is 1. The molecule has 0 saturated carbocycles. The van der Waals surface area contributed by atoms with Crippen LogP contribution in [0.3, 0.4) is 0 Å². The van der Waals surface area contributed by atoms with Crippen molar-refractivity contribution >= 4 is 17.8 Å². The lowest BCUT2D eigenvalue weighted by atomic mass is 10.0. The van der Waals surface area contributed by atoms with Gasteiger partial charge in [-0.3, -0.25) is 9.59 Å². The van der Waals surface area contributed by atoms with E-state index < -0.39 is 24.0 Å². The molecule has 1 aromatic heterocycles. The zero-order valence-electron chi connectivity index (χ0n) is 15.0. The van der Waals surface area contributed by atoms with Crippen molar-refractivity contribution in [3.05, 3.63) is 24.2 Å². The fourth-order valence-corrected chi connectivity index (χ4v) is 2.79. The molecule has 2 heterocycles. The second-order valence-corrected chi connectivity index (χ2v) is 6.64. The summed E-state index contributed by atoms with van der Waals surface area (Å²) < 4.78 is 10.4. The maximum atomic E-state index is 12.4. The standard InChI is InChI=1S/C18H26N2O5/c1-12(2)15(19-16(21)14-8-7-11-24-14)18(23)25-13(3)17(22)20-9-5-4-6-10-20/h7-8,11-13,15H,4-6,9-10H2,1-3H3,(H,19,21)/t13-,15+/m0/s1. The zero-order chi connectivity index (χ0) is 18.4. The van der Waals surface area contributed by atoms with Crippen LogP contribution in [0.1, 0.15) is 50.6 Å². The first-order valence-electron chi connectivity index (χ1n) is 8.73. The van der Waals surface area contributed by atoms with Crippen LogP contribution in [0.4, 0.5) is 0 Å². The van der Waals surface area contributed by atoms with Gasteiger partial charge in [-0.15, -0.1) is 0 Å². The lowest BCUT2D eigenvalue weighted by Crippen LogP contribution is -2.48. The Bertz CT molecular complexity index is 591. The summed E-state index contributed by atoms with van der Waals surface area (Å²) >= 11 is 0. The Kier molecular flexibility index (Phi) is 6.61. The second kappa shape index (κ2) is 8.69. The van der Waals surface area contributed by atoms with Crippen LogP contribution in [-0.4, -0.2) is 47.9 Å². The number of furan rings is 1. The van der Waals surface area contributed by atoms with E-state index in [1.165, 1.54) is 12.3 Å². The molecular formula is C18H26N2O5. The summed E-state index contributed by atoms with van der Waals surface area (Å²) in [6, 6.07) is 2.26. The molecule has 2 amide bonds. The number of nitrogens with zero attached hydrogens (tertiary/aromatic N) is 1. The third kappa shape index (κ3) is 5.08. The lowest BCUT2D eigenvalue weighted by Gasteiger charge is -2.30. The average Bonchev–Trinajstić information content (AvgIpc) is 3.13. The van der Waals surface area contributed by atoms with Crippen molar-refractivity contribution in [1.82, 2.24) is 10.2 Å². The molecule has 25 heavy (non-hydrogen) atoms. The third-order valence-electron chi connectivity index (χ3n) is 4.26. The first kappa shape index (κ1) is 19.0. The van der Waals surface area contributed by atoms with Crippen molar-refractivity contribution in [2.75, 3.05) is 13.1 Å². The predicted octanol–water partition coefficient (Wildman–Crippen LogP) is 1.98. The number of esters is 1. The highest BCUT2D eigenvalue weighted by Crippen LogP contribution is 2.13. The molecule has 1 aliphatic heterocycles. The summed E-state index contributed by atoms with van der Waals surface area (Å²) in [5, 5.41) is 2.61. The minimum Gasteiger partial charge on any atom is -0.459 e. The van der Waals surface area contributed by atoms with Crippen molar-refractivity contribution in [3.8, 4) is 0 Å². The molecule has 1 aromatic rings. The van der Waals surface area contributed by atoms with Gasteiger partial charge in [-0.2, -0.15) is 0 Å². The van der Waals surface area contributed by atoms with Crippen LogP contribution in [-0.2, 0) is 14.3 Å². The van der Waals surface area contributed by atoms with E-state index in [1.807, 2.05) is 0 Å². The molecule has 2 atom stereocenters. The Morgan fingerprint density at radius 1 is 1.16 bits per heavy atom. The van der Waals surface area contributed by atoms with E-state index in [0.29, 0.717) is 13.1 Å². The first-order chi connectivity index (χ1) is 11.9. The van der Waals surface area contributed by atoms with Crippen molar-refractivity contribution in [3.63, 3.8) is 0 Å². The Morgan fingerprint density at radius 2 is 1.84 bits per heavy atom. The number of nitrogens with one attached hydrogen (secondary N) is 1. The van der Waals surface area contributed by atoms with Gasteiger partial charge in [-0.05, 0) is 44.2 Å². The Balaban J connectivity index is 1.94. The summed E-state index contributed by atoms with van der Waals surface area (Å²) in [6.45, 7) is 6.56. The van der Waals surface area contributed by atoms with Crippen molar-refractivity contribution in [1.29, 1.82) is 0 Å². The maximum absolute atomic E-state index is 12.4. The topological polar surface area (TPSA) is 88.9 Å². The number of rotatable bonds is 6. The third-order valence-corrected chi connectivity index (χ3v) is 4.26. The molecule has 1 aliphatic rings. The summed E-state index contributed by atoms with van der Waals surface area (Å²) in [4.78, 5) is 38.7. The number of likely N-dealkylation sites (tertiary alicyclic amines) is 1. The van der Waals surface area contributed by atoms with Gasteiger partial charge in [-0.1, -0.05) is 13.8 Å². The van der Waals surface area contributed by atoms with Gasteiger partial charge in [0, 0.05) is 13.1 Å². The van der Waals surface area contributed by atoms with Crippen LogP contribution in [0.15, 0.2) is 22.8 Å². The highest BCUT2D eigenvalue weighted by Gasteiger charge is 2.31. The van der Waals surface area contributed by atoms with Crippen LogP contribution in [0.25, 0.3) is 0 Å². The molecule has 7 heteroatoms. The van der Waals surface area contributed by atoms with Crippen molar-refractivity contribution in [2.24, 2.45) is 5.92 Å². The number of hydrogen-bond donors (Lipinski definition) is 1. The maximum Gasteiger partial charge on any atom is 0.329 e. The predicted molar refractivity (Wildman–Crippen MR) is 90.8 cm³/mol. The van der Waals surface area contributed by atoms with E-state index in [0.717, 1.165) is 19.3 Å². The largest absolute Gasteiger partial charge is 0.459 e. The summed E-state index contributed by atoms with van der Waals surface area (Å²) in [5.41, 5.74) is 0. The van der Waals surface area contributed by atoms with Gasteiger partial charge in [0.2, 0.25) is 0 Å². The molecule has 0 aliphatic carbocycles. The van der Waals surface area contributed by atoms with Crippen LogP contribution in [0, 0.1) is 5.92 Å². The Labute approximate surface area is 147 Å². The monoisotopic (exact) mass is 350 g/mol. The number of amides is 2. The number of carbonyl (C=O) groups excluding carboxylic acids is 3. The molecule has 0 unspecified atom stereocenters. The normalized spacial score (nSPS) is 17.0. The number of ether oxygens (including phenoxy) is 1. The Hall–Kier alpha value is -2.31. The minimum absolute atomic E-state index is 0.121. The summed E-state index contributed by atoms with van der Waals surface area (Å²) in [5.74, 6) is -1.36. The SMILES string of the molecule is CC(C)[C@@H](NC(=O)c1ccco1)C(=O)O[C@@H](C)C(=O)N1CCCCC1. The second-order valence-electron chi connectivity index (χ2n) is 6.64. The quantitative estimate of drug-likeness (QED) is 0.793. The first-order valence-corrected chi connectivity index (χ1v) is 8.73. The molecular weight excluding hydrogens is 324 g/mol. The van der Waals surface area contributed by atoms with E-state index >= 15 is 0 Å². The number of hydrogen-bond acceptors (Lipinski definition) is 5. The van der Waals surface area contributed by atoms with Gasteiger partial charge in [0.25, 0.3) is 11.8 Å². The Morgan fingerprint density at radius 3 is 2.40 bits per heavy atom. The van der Waals surface area contributed by atoms with E-state index in [4.69, 9.17) is 9.15 Å². The molecule has 138 valence electrons. The fraction of sp³-hybridized carbons (Fsp3) is 0.611. The molecule has 0 bridgehead atoms. The lowest BCUT2D eigenvalue weighted by molar-refractivity contribution is -0.161. The van der Waals surface area contributed by atoms with Gasteiger partial charge in [0.05, 0.1) is 6.26 Å². The van der Waals surface area contributed by atoms with Crippen molar-refractivity contribution in [2.45, 2.75) is 52.2 Å². The van der Waals surface area contributed by atoms with Gasteiger partial charge >= 0.3 is 5.97 Å². The van der Waals surface area contributed by atoms with Crippen LogP contribution in [0.2, 0.25) is 0 Å². The van der Waals surface area contributed by atoms with Gasteiger partial charge in [0.15, 0.2) is 11.9 Å². The highest BCUT2D eigenvalue weighted by atomic mass is 16.5. The zero-order valence-corrected chi connectivity index (χ0v) is 15.0. The molecule has 0 radical (unpaired) electrons. The number of carbonyl (C=O) groups is 3. The minimum atomic E-state index is -0.868. The molecule has 1 fully saturated rings. The van der Waals surface area contributed by atoms with E-state index in [-0.39, 0.29) is 17.6 Å². The molecule has 2 rings (SSSR count). The van der Waals surface area contributed by atoms with Gasteiger partial charge in [-0.25, -0.2) is 4.79 Å². The van der Waals surface area contributed by atoms with Gasteiger partial charge < -0.3 is 19.4 Å². The highest BCUT2D eigenvalue weighted by molar-refractivity contribution is 5.95. The summed E-state index contributed by atoms with van der Waals surface area (Å²) in [7, 11) is 0. The summed E-state index contributed by atoms with van der Waals surface area (Å²) in [6.07, 6.45) is 3.58. The molecule has 1 N–H and O–H groups in total.